The van der Waals surface area contributed by atoms with Gasteiger partial charge in [-0.15, -0.1) is 0 Å². The third-order valence-electron chi connectivity index (χ3n) is 6.43. The van der Waals surface area contributed by atoms with Gasteiger partial charge >= 0.3 is 0 Å². The molecular weight excluding hydrogens is 631 g/mol. The quantitative estimate of drug-likeness (QED) is 0.207. The normalized spacial score (nSPS) is 12.2. The zero-order valence-electron chi connectivity index (χ0n) is 24.9. The van der Waals surface area contributed by atoms with E-state index in [1.807, 2.05) is 18.2 Å². The van der Waals surface area contributed by atoms with Crippen LogP contribution in [0.25, 0.3) is 0 Å². The molecule has 0 spiro atoms. The number of nitrogens with one attached hydrogen (secondary N) is 1. The zero-order valence-corrected chi connectivity index (χ0v) is 27.2. The van der Waals surface area contributed by atoms with Crippen molar-refractivity contribution in [2.45, 2.75) is 45.3 Å². The van der Waals surface area contributed by atoms with Gasteiger partial charge in [0.05, 0.1) is 28.3 Å². The summed E-state index contributed by atoms with van der Waals surface area (Å²) in [5.74, 6) is -1.22. The summed E-state index contributed by atoms with van der Waals surface area (Å²) in [6.45, 7) is 4.49. The number of nitrogens with zero attached hydrogens (tertiary/aromatic N) is 3. The van der Waals surface area contributed by atoms with Gasteiger partial charge < -0.3 is 15.0 Å². The summed E-state index contributed by atoms with van der Waals surface area (Å²) >= 11 is 12.4. The summed E-state index contributed by atoms with van der Waals surface area (Å²) in [5, 5.41) is 15.0. The van der Waals surface area contributed by atoms with E-state index < -0.39 is 50.6 Å². The summed E-state index contributed by atoms with van der Waals surface area (Å²) in [6, 6.07) is 16.2. The number of hydrogen-bond acceptors (Lipinski definition) is 7. The lowest BCUT2D eigenvalue weighted by molar-refractivity contribution is -0.384. The molecule has 11 nitrogen and oxygen atoms in total. The highest BCUT2D eigenvalue weighted by molar-refractivity contribution is 7.92. The third kappa shape index (κ3) is 9.31. The minimum atomic E-state index is -4.20. The molecule has 3 rings (SSSR count). The molecule has 0 fully saturated rings. The molecule has 0 saturated carbocycles. The van der Waals surface area contributed by atoms with E-state index in [4.69, 9.17) is 27.9 Å². The summed E-state index contributed by atoms with van der Waals surface area (Å²) < 4.78 is 32.2. The van der Waals surface area contributed by atoms with Crippen LogP contribution in [0.4, 0.5) is 11.4 Å². The molecule has 3 aromatic carbocycles. The molecule has 2 amide bonds. The molecule has 14 heteroatoms. The standard InChI is InChI=1S/C30H34Cl2N4O7S/c1-30(2,3)33-29(38)26(16-20-9-7-6-8-10-20)34(18-21-11-13-23(31)24(32)15-21)28(37)19-35(44(5,41)42)25-17-22(36(39)40)12-14-27(25)43-4/h6-15,17,26H,16,18-19H2,1-5H3,(H,33,38)/t26-/m1/s1. The Morgan fingerprint density at radius 1 is 1.00 bits per heavy atom. The first-order valence-corrected chi connectivity index (χ1v) is 16.0. The Labute approximate surface area is 266 Å². The number of non-ortho nitro benzene ring substituents is 1. The Bertz CT molecular complexity index is 1630. The number of sulfonamides is 1. The van der Waals surface area contributed by atoms with Crippen molar-refractivity contribution < 1.29 is 27.7 Å². The van der Waals surface area contributed by atoms with Crippen LogP contribution in [-0.2, 0) is 32.6 Å². The molecule has 0 unspecified atom stereocenters. The molecule has 1 atom stereocenters. The van der Waals surface area contributed by atoms with Crippen LogP contribution in [0.2, 0.25) is 10.0 Å². The smallest absolute Gasteiger partial charge is 0.271 e. The number of nitro groups is 1. The van der Waals surface area contributed by atoms with E-state index in [2.05, 4.69) is 5.32 Å². The van der Waals surface area contributed by atoms with Crippen LogP contribution < -0.4 is 14.4 Å². The van der Waals surface area contributed by atoms with E-state index in [0.717, 1.165) is 28.3 Å². The largest absolute Gasteiger partial charge is 0.495 e. The maximum Gasteiger partial charge on any atom is 0.271 e. The van der Waals surface area contributed by atoms with Crippen LogP contribution >= 0.6 is 23.2 Å². The van der Waals surface area contributed by atoms with Crippen molar-refractivity contribution in [1.29, 1.82) is 0 Å². The van der Waals surface area contributed by atoms with Gasteiger partial charge in [-0.25, -0.2) is 8.42 Å². The summed E-state index contributed by atoms with van der Waals surface area (Å²) in [7, 11) is -2.92. The Morgan fingerprint density at radius 3 is 2.20 bits per heavy atom. The van der Waals surface area contributed by atoms with Crippen molar-refractivity contribution in [3.63, 3.8) is 0 Å². The van der Waals surface area contributed by atoms with E-state index in [1.54, 1.807) is 51.1 Å². The highest BCUT2D eigenvalue weighted by Crippen LogP contribution is 2.34. The lowest BCUT2D eigenvalue weighted by atomic mass is 10.0. The SMILES string of the molecule is COc1ccc([N+](=O)[O-])cc1N(CC(=O)N(Cc1ccc(Cl)c(Cl)c1)[C@H](Cc1ccccc1)C(=O)NC(C)(C)C)S(C)(=O)=O. The van der Waals surface area contributed by atoms with Crippen molar-refractivity contribution in [2.75, 3.05) is 24.2 Å². The second-order valence-electron chi connectivity index (χ2n) is 11.1. The van der Waals surface area contributed by atoms with Crippen LogP contribution in [-0.4, -0.2) is 61.5 Å². The number of carbonyl (C=O) groups excluding carboxylic acids is 2. The van der Waals surface area contributed by atoms with E-state index in [1.165, 1.54) is 18.1 Å². The Kier molecular flexibility index (Phi) is 11.2. The second kappa shape index (κ2) is 14.3. The molecule has 3 aromatic rings. The molecule has 0 aromatic heterocycles. The maximum atomic E-state index is 14.3. The molecule has 1 N–H and O–H groups in total. The number of rotatable bonds is 12. The second-order valence-corrected chi connectivity index (χ2v) is 13.8. The molecule has 0 saturated heterocycles. The molecule has 0 aliphatic rings. The number of ether oxygens (including phenoxy) is 1. The summed E-state index contributed by atoms with van der Waals surface area (Å²) in [5.41, 5.74) is 0.0355. The third-order valence-corrected chi connectivity index (χ3v) is 8.29. The van der Waals surface area contributed by atoms with Crippen molar-refractivity contribution >= 4 is 56.4 Å². The molecular formula is C30H34Cl2N4O7S. The minimum absolute atomic E-state index is 0.00355. The van der Waals surface area contributed by atoms with Crippen molar-refractivity contribution in [2.24, 2.45) is 0 Å². The number of methoxy groups -OCH3 is 1. The fourth-order valence-corrected chi connectivity index (χ4v) is 5.59. The average Bonchev–Trinajstić information content (AvgIpc) is 2.94. The molecule has 44 heavy (non-hydrogen) atoms. The van der Waals surface area contributed by atoms with Crippen molar-refractivity contribution in [3.8, 4) is 5.75 Å². The van der Waals surface area contributed by atoms with Gasteiger partial charge in [0.15, 0.2) is 0 Å². The Hall–Kier alpha value is -3.87. The van der Waals surface area contributed by atoms with Gasteiger partial charge in [0.2, 0.25) is 21.8 Å². The van der Waals surface area contributed by atoms with Gasteiger partial charge in [-0.1, -0.05) is 59.6 Å². The van der Waals surface area contributed by atoms with Gasteiger partial charge in [0.1, 0.15) is 24.0 Å². The first-order chi connectivity index (χ1) is 20.5. The van der Waals surface area contributed by atoms with E-state index in [9.17, 15) is 28.1 Å². The van der Waals surface area contributed by atoms with E-state index >= 15 is 0 Å². The number of hydrogen-bond donors (Lipinski definition) is 1. The molecule has 0 radical (unpaired) electrons. The topological polar surface area (TPSA) is 139 Å². The van der Waals surface area contributed by atoms with Crippen LogP contribution in [0.5, 0.6) is 5.75 Å². The van der Waals surface area contributed by atoms with Crippen LogP contribution in [0.1, 0.15) is 31.9 Å². The predicted molar refractivity (Wildman–Crippen MR) is 171 cm³/mol. The number of nitro benzene ring substituents is 1. The average molecular weight is 666 g/mol. The van der Waals surface area contributed by atoms with Crippen LogP contribution in [0.15, 0.2) is 66.7 Å². The maximum absolute atomic E-state index is 14.3. The molecule has 0 bridgehead atoms. The van der Waals surface area contributed by atoms with Crippen molar-refractivity contribution in [3.05, 3.63) is 98.0 Å². The Morgan fingerprint density at radius 2 is 1.66 bits per heavy atom. The number of anilines is 1. The number of carbonyl (C=O) groups is 2. The van der Waals surface area contributed by atoms with Gasteiger partial charge in [0.25, 0.3) is 5.69 Å². The predicted octanol–water partition coefficient (Wildman–Crippen LogP) is 5.23. The lowest BCUT2D eigenvalue weighted by Gasteiger charge is -2.35. The van der Waals surface area contributed by atoms with Crippen molar-refractivity contribution in [1.82, 2.24) is 10.2 Å². The molecule has 0 aliphatic heterocycles. The molecule has 0 aliphatic carbocycles. The monoisotopic (exact) mass is 664 g/mol. The fourth-order valence-electron chi connectivity index (χ4n) is 4.42. The highest BCUT2D eigenvalue weighted by Gasteiger charge is 2.35. The number of halogens is 2. The van der Waals surface area contributed by atoms with E-state index in [0.29, 0.717) is 10.6 Å². The first kappa shape index (κ1) is 34.6. The molecule has 236 valence electrons. The van der Waals surface area contributed by atoms with Crippen LogP contribution in [0.3, 0.4) is 0 Å². The van der Waals surface area contributed by atoms with E-state index in [-0.39, 0.29) is 29.4 Å². The molecule has 0 heterocycles. The Balaban J connectivity index is 2.16. The van der Waals surface area contributed by atoms with Gasteiger partial charge in [-0.3, -0.25) is 24.0 Å². The lowest BCUT2D eigenvalue weighted by Crippen LogP contribution is -2.56. The minimum Gasteiger partial charge on any atom is -0.495 e. The summed E-state index contributed by atoms with van der Waals surface area (Å²) in [6.07, 6.45) is 0.977. The fraction of sp³-hybridized carbons (Fsp3) is 0.333. The highest BCUT2D eigenvalue weighted by atomic mass is 35.5. The summed E-state index contributed by atoms with van der Waals surface area (Å²) in [4.78, 5) is 40.2. The first-order valence-electron chi connectivity index (χ1n) is 13.4. The van der Waals surface area contributed by atoms with Gasteiger partial charge in [-0.2, -0.15) is 0 Å². The zero-order chi connectivity index (χ0) is 32.8. The number of amides is 2. The van der Waals surface area contributed by atoms with Crippen LogP contribution in [0, 0.1) is 10.1 Å². The van der Waals surface area contributed by atoms with Gasteiger partial charge in [-0.05, 0) is 50.1 Å². The number of benzene rings is 3. The van der Waals surface area contributed by atoms with Gasteiger partial charge in [0, 0.05) is 30.6 Å².